The number of carboxylic acid groups (broad SMARTS) is 1. The van der Waals surface area contributed by atoms with Crippen molar-refractivity contribution in [3.05, 3.63) is 77.9 Å². The van der Waals surface area contributed by atoms with Gasteiger partial charge in [0.15, 0.2) is 11.5 Å². The van der Waals surface area contributed by atoms with Gasteiger partial charge in [-0.1, -0.05) is 30.3 Å². The molecule has 1 atom stereocenters. The van der Waals surface area contributed by atoms with Crippen LogP contribution in [0.15, 0.2) is 76.7 Å². The molecule has 40 heavy (non-hydrogen) atoms. The number of hydrogen-bond donors (Lipinski definition) is 2. The number of guanidine groups is 1. The summed E-state index contributed by atoms with van der Waals surface area (Å²) in [6, 6.07) is 20.6. The van der Waals surface area contributed by atoms with Gasteiger partial charge < -0.3 is 24.5 Å². The zero-order valence-corrected chi connectivity index (χ0v) is 23.3. The number of amidine groups is 1. The van der Waals surface area contributed by atoms with Gasteiger partial charge in [0.05, 0.1) is 27.0 Å². The first kappa shape index (κ1) is 28.4. The van der Waals surface area contributed by atoms with Crippen LogP contribution in [0, 0.1) is 0 Å². The monoisotopic (exact) mass is 566 g/mol. The molecule has 12 heteroatoms. The first-order valence-electron chi connectivity index (χ1n) is 12.2. The molecule has 1 unspecified atom stereocenters. The molecule has 3 aromatic rings. The van der Waals surface area contributed by atoms with Crippen molar-refractivity contribution < 1.29 is 32.0 Å². The van der Waals surface area contributed by atoms with E-state index in [-0.39, 0.29) is 5.75 Å². The van der Waals surface area contributed by atoms with Crippen molar-refractivity contribution in [2.45, 2.75) is 12.5 Å². The Hall–Kier alpha value is -4.58. The van der Waals surface area contributed by atoms with Crippen LogP contribution in [0.1, 0.15) is 18.1 Å². The number of nitrogens with zero attached hydrogens (tertiary/aromatic N) is 3. The van der Waals surface area contributed by atoms with E-state index in [4.69, 9.17) is 39.3 Å². The van der Waals surface area contributed by atoms with Crippen molar-refractivity contribution in [2.24, 2.45) is 15.7 Å². The molecule has 210 valence electrons. The number of benzene rings is 3. The summed E-state index contributed by atoms with van der Waals surface area (Å²) < 4.78 is 39.4. The van der Waals surface area contributed by atoms with Crippen molar-refractivity contribution in [3.8, 4) is 28.4 Å². The maximum Gasteiger partial charge on any atom is 0.306 e. The molecule has 0 radical (unpaired) electrons. The van der Waals surface area contributed by atoms with Crippen LogP contribution in [-0.2, 0) is 20.5 Å². The molecule has 0 amide bonds. The Morgan fingerprint density at radius 2 is 1.60 bits per heavy atom. The van der Waals surface area contributed by atoms with E-state index in [9.17, 15) is 8.42 Å². The third-order valence-corrected chi connectivity index (χ3v) is 6.70. The third kappa shape index (κ3) is 5.86. The van der Waals surface area contributed by atoms with E-state index in [1.807, 2.05) is 59.5 Å². The van der Waals surface area contributed by atoms with E-state index in [0.717, 1.165) is 47.0 Å². The van der Waals surface area contributed by atoms with Crippen LogP contribution in [0.25, 0.3) is 11.1 Å². The number of fused-ring (bicyclic) bond motifs is 1. The van der Waals surface area contributed by atoms with Crippen molar-refractivity contribution in [1.82, 2.24) is 4.90 Å². The molecule has 2 aliphatic rings. The molecular weight excluding hydrogens is 536 g/mol. The van der Waals surface area contributed by atoms with Gasteiger partial charge in [-0.3, -0.25) is 14.7 Å². The van der Waals surface area contributed by atoms with E-state index in [0.29, 0.717) is 24.8 Å². The molecule has 3 aromatic carbocycles. The van der Waals surface area contributed by atoms with Crippen molar-refractivity contribution >= 4 is 27.9 Å². The number of ether oxygens (including phenoxy) is 2. The smallest absolute Gasteiger partial charge is 0.306 e. The van der Waals surface area contributed by atoms with E-state index in [2.05, 4.69) is 0 Å². The van der Waals surface area contributed by atoms with Gasteiger partial charge in [-0.2, -0.15) is 8.42 Å². The van der Waals surface area contributed by atoms with Gasteiger partial charge in [-0.25, -0.2) is 4.99 Å². The van der Waals surface area contributed by atoms with Crippen molar-refractivity contribution in [1.29, 1.82) is 0 Å². The minimum absolute atomic E-state index is 0.164. The Bertz CT molecular complexity index is 1580. The standard InChI is InChI=1S/C26H26N4O5S.C2H4O2/c1-33-21-9-7-19(8-10-21)26(24-28-11-12-30(24)25(27)29-26)20-6-4-5-17(13-20)18-14-22(34-2)16-23(15-18)35-36(3,31)32;1-2(3)4/h4-10,13-16H,11-12H2,1-3H3,(H2,27,29);1H3,(H,3,4). The highest BCUT2D eigenvalue weighted by Crippen LogP contribution is 2.43. The number of nitrogens with two attached hydrogens (primary N) is 1. The van der Waals surface area contributed by atoms with Crippen LogP contribution in [0.4, 0.5) is 0 Å². The molecule has 0 saturated heterocycles. The summed E-state index contributed by atoms with van der Waals surface area (Å²) >= 11 is 0. The van der Waals surface area contributed by atoms with Crippen LogP contribution in [-0.4, -0.2) is 69.8 Å². The normalized spacial score (nSPS) is 17.6. The minimum atomic E-state index is -3.71. The van der Waals surface area contributed by atoms with Crippen LogP contribution >= 0.6 is 0 Å². The molecule has 5 rings (SSSR count). The number of methoxy groups -OCH3 is 2. The SMILES string of the molecule is CC(=O)O.COc1ccc(C2(c3cccc(-c4cc(OC)cc(OS(C)(=O)=O)c4)c3)N=C(N)N3CCN=C32)cc1. The first-order chi connectivity index (χ1) is 19.0. The highest BCUT2D eigenvalue weighted by atomic mass is 32.2. The van der Waals surface area contributed by atoms with Crippen molar-refractivity contribution in [2.75, 3.05) is 33.6 Å². The average Bonchev–Trinajstić information content (AvgIpc) is 3.51. The third-order valence-electron chi connectivity index (χ3n) is 6.21. The zero-order chi connectivity index (χ0) is 29.1. The average molecular weight is 567 g/mol. The van der Waals surface area contributed by atoms with Gasteiger partial charge in [0.1, 0.15) is 23.1 Å². The highest BCUT2D eigenvalue weighted by molar-refractivity contribution is 7.86. The minimum Gasteiger partial charge on any atom is -0.497 e. The number of rotatable bonds is 7. The fourth-order valence-electron chi connectivity index (χ4n) is 4.65. The van der Waals surface area contributed by atoms with Crippen LogP contribution in [0.5, 0.6) is 17.2 Å². The maximum atomic E-state index is 11.7. The Labute approximate surface area is 232 Å². The summed E-state index contributed by atoms with van der Waals surface area (Å²) in [5, 5.41) is 7.42. The fourth-order valence-corrected chi connectivity index (χ4v) is 5.10. The molecule has 0 spiro atoms. The second kappa shape index (κ2) is 11.3. The van der Waals surface area contributed by atoms with E-state index in [1.165, 1.54) is 13.2 Å². The molecule has 3 N–H and O–H groups in total. The summed E-state index contributed by atoms with van der Waals surface area (Å²) in [5.41, 5.74) is 8.75. The Morgan fingerprint density at radius 1 is 0.950 bits per heavy atom. The largest absolute Gasteiger partial charge is 0.497 e. The summed E-state index contributed by atoms with van der Waals surface area (Å²) in [4.78, 5) is 20.7. The zero-order valence-electron chi connectivity index (χ0n) is 22.5. The Kier molecular flexibility index (Phi) is 8.01. The molecule has 0 saturated carbocycles. The lowest BCUT2D eigenvalue weighted by Crippen LogP contribution is -2.41. The maximum absolute atomic E-state index is 11.7. The molecular formula is C28H30N4O7S. The summed E-state index contributed by atoms with van der Waals surface area (Å²) in [6.07, 6.45) is 1.00. The van der Waals surface area contributed by atoms with Gasteiger partial charge >= 0.3 is 10.1 Å². The summed E-state index contributed by atoms with van der Waals surface area (Å²) in [7, 11) is -0.570. The lowest BCUT2D eigenvalue weighted by Gasteiger charge is -2.29. The Balaban J connectivity index is 0.000000867. The fraction of sp³-hybridized carbons (Fsp3) is 0.250. The molecule has 2 aliphatic heterocycles. The van der Waals surface area contributed by atoms with E-state index in [1.54, 1.807) is 13.2 Å². The second-order valence-electron chi connectivity index (χ2n) is 9.05. The van der Waals surface area contributed by atoms with Gasteiger partial charge in [0.25, 0.3) is 5.97 Å². The highest BCUT2D eigenvalue weighted by Gasteiger charge is 2.49. The number of carbonyl (C=O) groups is 1. The molecule has 0 fully saturated rings. The van der Waals surface area contributed by atoms with E-state index >= 15 is 0 Å². The predicted molar refractivity (Wildman–Crippen MR) is 152 cm³/mol. The first-order valence-corrected chi connectivity index (χ1v) is 14.0. The van der Waals surface area contributed by atoms with Crippen molar-refractivity contribution in [3.63, 3.8) is 0 Å². The van der Waals surface area contributed by atoms with Gasteiger partial charge in [0.2, 0.25) is 0 Å². The van der Waals surface area contributed by atoms with Gasteiger partial charge in [-0.05, 0) is 52.6 Å². The molecule has 2 heterocycles. The summed E-state index contributed by atoms with van der Waals surface area (Å²) in [5.74, 6) is 1.72. The quantitative estimate of drug-likeness (QED) is 0.411. The van der Waals surface area contributed by atoms with E-state index < -0.39 is 21.6 Å². The van der Waals surface area contributed by atoms with Crippen LogP contribution in [0.3, 0.4) is 0 Å². The van der Waals surface area contributed by atoms with Crippen LogP contribution in [0.2, 0.25) is 0 Å². The van der Waals surface area contributed by atoms with Crippen LogP contribution < -0.4 is 19.4 Å². The predicted octanol–water partition coefficient (Wildman–Crippen LogP) is 3.09. The second-order valence-corrected chi connectivity index (χ2v) is 10.6. The molecule has 11 nitrogen and oxygen atoms in total. The molecule has 0 aromatic heterocycles. The number of hydrogen-bond acceptors (Lipinski definition) is 10. The summed E-state index contributed by atoms with van der Waals surface area (Å²) in [6.45, 7) is 2.38. The van der Waals surface area contributed by atoms with Gasteiger partial charge in [-0.15, -0.1) is 0 Å². The number of aliphatic imine (C=N–C) groups is 2. The topological polar surface area (TPSA) is 153 Å². The number of carboxylic acids is 1. The molecule has 0 aliphatic carbocycles. The van der Waals surface area contributed by atoms with Gasteiger partial charge in [0, 0.05) is 19.5 Å². The molecule has 0 bridgehead atoms. The lowest BCUT2D eigenvalue weighted by atomic mass is 9.81. The lowest BCUT2D eigenvalue weighted by molar-refractivity contribution is -0.134. The Morgan fingerprint density at radius 3 is 2.23 bits per heavy atom. The number of aliphatic carboxylic acids is 1.